The van der Waals surface area contributed by atoms with Crippen molar-refractivity contribution in [3.05, 3.63) is 108 Å². The molecular formula is C36H34N4O. The Labute approximate surface area is 241 Å². The van der Waals surface area contributed by atoms with E-state index in [1.165, 1.54) is 11.1 Å². The van der Waals surface area contributed by atoms with Crippen LogP contribution in [0.3, 0.4) is 0 Å². The highest BCUT2D eigenvalue weighted by atomic mass is 16.3. The van der Waals surface area contributed by atoms with Crippen molar-refractivity contribution < 1.29 is 4.42 Å². The predicted molar refractivity (Wildman–Crippen MR) is 167 cm³/mol. The summed E-state index contributed by atoms with van der Waals surface area (Å²) in [6.45, 7) is 13.3. The minimum Gasteiger partial charge on any atom is -0.436 e. The van der Waals surface area contributed by atoms with E-state index in [1.807, 2.05) is 48.5 Å². The predicted octanol–water partition coefficient (Wildman–Crippen LogP) is 9.28. The van der Waals surface area contributed by atoms with Crippen molar-refractivity contribution in [3.63, 3.8) is 0 Å². The minimum atomic E-state index is 0.0686. The quantitative estimate of drug-likeness (QED) is 0.224. The highest BCUT2D eigenvalue weighted by Gasteiger charge is 2.18. The molecule has 0 saturated carbocycles. The maximum Gasteiger partial charge on any atom is 0.227 e. The molecule has 0 aliphatic carbocycles. The number of aromatic nitrogens is 4. The van der Waals surface area contributed by atoms with Gasteiger partial charge in [-0.25, -0.2) is 19.9 Å². The van der Waals surface area contributed by atoms with Crippen LogP contribution in [-0.2, 0) is 10.8 Å². The van der Waals surface area contributed by atoms with Gasteiger partial charge in [0.15, 0.2) is 23.1 Å². The van der Waals surface area contributed by atoms with Crippen LogP contribution in [0.2, 0.25) is 0 Å². The number of para-hydroxylation sites is 2. The molecule has 5 nitrogen and oxygen atoms in total. The Morgan fingerprint density at radius 1 is 0.439 bits per heavy atom. The van der Waals surface area contributed by atoms with Gasteiger partial charge in [0.1, 0.15) is 5.52 Å². The van der Waals surface area contributed by atoms with Crippen molar-refractivity contribution in [1.82, 2.24) is 19.9 Å². The zero-order chi connectivity index (χ0) is 28.8. The van der Waals surface area contributed by atoms with Crippen LogP contribution >= 0.6 is 0 Å². The van der Waals surface area contributed by atoms with E-state index in [2.05, 4.69) is 95.1 Å². The van der Waals surface area contributed by atoms with E-state index in [0.29, 0.717) is 23.4 Å². The topological polar surface area (TPSA) is 64.7 Å². The van der Waals surface area contributed by atoms with Gasteiger partial charge in [0.2, 0.25) is 5.89 Å². The maximum absolute atomic E-state index is 5.97. The molecule has 0 unspecified atom stereocenters. The van der Waals surface area contributed by atoms with Crippen LogP contribution in [-0.4, -0.2) is 19.9 Å². The molecule has 6 aromatic rings. The summed E-state index contributed by atoms with van der Waals surface area (Å²) in [6.07, 6.45) is 0. The van der Waals surface area contributed by atoms with E-state index in [1.54, 1.807) is 0 Å². The first-order chi connectivity index (χ1) is 19.5. The van der Waals surface area contributed by atoms with Gasteiger partial charge in [-0.3, -0.25) is 0 Å². The molecule has 0 aliphatic rings. The van der Waals surface area contributed by atoms with Gasteiger partial charge < -0.3 is 4.42 Å². The third kappa shape index (κ3) is 5.53. The number of hydrogen-bond donors (Lipinski definition) is 0. The largest absolute Gasteiger partial charge is 0.436 e. The summed E-state index contributed by atoms with van der Waals surface area (Å²) in [5.74, 6) is 2.50. The summed E-state index contributed by atoms with van der Waals surface area (Å²) in [6, 6.07) is 32.8. The first kappa shape index (κ1) is 26.6. The minimum absolute atomic E-state index is 0.0686. The molecule has 2 aromatic heterocycles. The molecule has 0 radical (unpaired) electrons. The SMILES string of the molecule is CC(C)(C)c1ccc(-c2nc(-c3ccc(-c4nc5ccccc5o4)cc3)nc(-c3ccc(C(C)(C)C)cc3)n2)cc1. The lowest BCUT2D eigenvalue weighted by molar-refractivity contribution is 0.590. The third-order valence-corrected chi connectivity index (χ3v) is 7.34. The van der Waals surface area contributed by atoms with Crippen LogP contribution in [0.1, 0.15) is 52.7 Å². The Morgan fingerprint density at radius 3 is 1.24 bits per heavy atom. The van der Waals surface area contributed by atoms with E-state index < -0.39 is 0 Å². The monoisotopic (exact) mass is 538 g/mol. The second kappa shape index (κ2) is 10.1. The number of benzene rings is 4. The second-order valence-corrected chi connectivity index (χ2v) is 12.5. The van der Waals surface area contributed by atoms with Crippen LogP contribution in [0.5, 0.6) is 0 Å². The van der Waals surface area contributed by atoms with Crippen molar-refractivity contribution in [3.8, 4) is 45.6 Å². The molecule has 0 aliphatic heterocycles. The Balaban J connectivity index is 1.41. The normalized spacial score (nSPS) is 12.1. The lowest BCUT2D eigenvalue weighted by atomic mass is 9.86. The van der Waals surface area contributed by atoms with Crippen LogP contribution in [0.25, 0.3) is 56.7 Å². The Morgan fingerprint density at radius 2 is 0.829 bits per heavy atom. The van der Waals surface area contributed by atoms with Crippen LogP contribution in [0, 0.1) is 0 Å². The van der Waals surface area contributed by atoms with Gasteiger partial charge in [-0.05, 0) is 46.2 Å². The Bertz CT molecular complexity index is 1710. The number of hydrogen-bond acceptors (Lipinski definition) is 5. The van der Waals surface area contributed by atoms with E-state index >= 15 is 0 Å². The molecule has 0 N–H and O–H groups in total. The van der Waals surface area contributed by atoms with Crippen LogP contribution in [0.4, 0.5) is 0 Å². The van der Waals surface area contributed by atoms with E-state index in [-0.39, 0.29) is 10.8 Å². The smallest absolute Gasteiger partial charge is 0.227 e. The van der Waals surface area contributed by atoms with Crippen molar-refractivity contribution in [2.24, 2.45) is 0 Å². The summed E-state index contributed by atoms with van der Waals surface area (Å²) in [4.78, 5) is 19.4. The molecule has 5 heteroatoms. The van der Waals surface area contributed by atoms with Gasteiger partial charge in [-0.1, -0.05) is 114 Å². The Kier molecular flexibility index (Phi) is 6.53. The summed E-state index contributed by atoms with van der Waals surface area (Å²) in [5, 5.41) is 0. The third-order valence-electron chi connectivity index (χ3n) is 7.34. The lowest BCUT2D eigenvalue weighted by Gasteiger charge is -2.19. The summed E-state index contributed by atoms with van der Waals surface area (Å²) >= 11 is 0. The average Bonchev–Trinajstić information content (AvgIpc) is 3.41. The van der Waals surface area contributed by atoms with Crippen LogP contribution < -0.4 is 0 Å². The van der Waals surface area contributed by atoms with Gasteiger partial charge >= 0.3 is 0 Å². The van der Waals surface area contributed by atoms with E-state index in [0.717, 1.165) is 33.4 Å². The van der Waals surface area contributed by atoms with Crippen molar-refractivity contribution in [2.75, 3.05) is 0 Å². The molecule has 0 spiro atoms. The first-order valence-corrected chi connectivity index (χ1v) is 14.0. The molecule has 41 heavy (non-hydrogen) atoms. The molecule has 0 amide bonds. The van der Waals surface area contributed by atoms with Crippen LogP contribution in [0.15, 0.2) is 101 Å². The Hall–Kier alpha value is -4.64. The van der Waals surface area contributed by atoms with Gasteiger partial charge in [0.05, 0.1) is 0 Å². The molecule has 204 valence electrons. The lowest BCUT2D eigenvalue weighted by Crippen LogP contribution is -2.10. The zero-order valence-corrected chi connectivity index (χ0v) is 24.4. The average molecular weight is 539 g/mol. The maximum atomic E-state index is 5.97. The molecule has 0 saturated heterocycles. The fourth-order valence-electron chi connectivity index (χ4n) is 4.76. The summed E-state index contributed by atoms with van der Waals surface area (Å²) < 4.78 is 5.97. The highest BCUT2D eigenvalue weighted by Crippen LogP contribution is 2.31. The molecule has 0 fully saturated rings. The number of oxazole rings is 1. The first-order valence-electron chi connectivity index (χ1n) is 14.0. The van der Waals surface area contributed by atoms with Crippen molar-refractivity contribution in [1.29, 1.82) is 0 Å². The molecule has 0 atom stereocenters. The molecular weight excluding hydrogens is 504 g/mol. The van der Waals surface area contributed by atoms with Crippen molar-refractivity contribution >= 4 is 11.1 Å². The van der Waals surface area contributed by atoms with E-state index in [4.69, 9.17) is 19.4 Å². The van der Waals surface area contributed by atoms with Gasteiger partial charge in [0.25, 0.3) is 0 Å². The number of rotatable bonds is 4. The number of nitrogens with zero attached hydrogens (tertiary/aromatic N) is 4. The van der Waals surface area contributed by atoms with Gasteiger partial charge in [0, 0.05) is 22.3 Å². The highest BCUT2D eigenvalue weighted by molar-refractivity contribution is 5.76. The molecule has 4 aromatic carbocycles. The fourth-order valence-corrected chi connectivity index (χ4v) is 4.76. The summed E-state index contributed by atoms with van der Waals surface area (Å²) in [7, 11) is 0. The fraction of sp³-hybridized carbons (Fsp3) is 0.222. The molecule has 2 heterocycles. The number of fused-ring (bicyclic) bond motifs is 1. The van der Waals surface area contributed by atoms with Crippen molar-refractivity contribution in [2.45, 2.75) is 52.4 Å². The van der Waals surface area contributed by atoms with Gasteiger partial charge in [-0.2, -0.15) is 0 Å². The molecule has 6 rings (SSSR count). The summed E-state index contributed by atoms with van der Waals surface area (Å²) in [5.41, 5.74) is 7.99. The van der Waals surface area contributed by atoms with Gasteiger partial charge in [-0.15, -0.1) is 0 Å². The zero-order valence-electron chi connectivity index (χ0n) is 24.4. The second-order valence-electron chi connectivity index (χ2n) is 12.5. The van der Waals surface area contributed by atoms with E-state index in [9.17, 15) is 0 Å². The standard InChI is InChI=1S/C36H34N4O/c1-35(2,3)27-19-15-24(16-20-27)32-38-31(39-33(40-32)25-17-21-28(22-18-25)36(4,5)6)23-11-13-26(14-12-23)34-37-29-9-7-8-10-30(29)41-34/h7-22H,1-6H3. The molecule has 0 bridgehead atoms.